The number of carbonyl (C=O) groups is 3. The lowest BCUT2D eigenvalue weighted by atomic mass is 10.0. The average molecular weight is 296 g/mol. The van der Waals surface area contributed by atoms with E-state index < -0.39 is 12.0 Å². The average Bonchev–Trinajstić information content (AvgIpc) is 2.83. The molecule has 6 nitrogen and oxygen atoms in total. The van der Waals surface area contributed by atoms with Crippen LogP contribution in [0.15, 0.2) is 0 Å². The minimum atomic E-state index is -0.922. The Balaban J connectivity index is 2.18. The van der Waals surface area contributed by atoms with Crippen LogP contribution in [-0.4, -0.2) is 57.9 Å². The molecule has 1 N–H and O–H groups in total. The summed E-state index contributed by atoms with van der Waals surface area (Å²) in [6.07, 6.45) is 1.89. The van der Waals surface area contributed by atoms with Gasteiger partial charge in [0.1, 0.15) is 6.04 Å². The lowest BCUT2D eigenvalue weighted by Crippen LogP contribution is -2.53. The quantitative estimate of drug-likeness (QED) is 0.823. The summed E-state index contributed by atoms with van der Waals surface area (Å²) >= 11 is 0. The summed E-state index contributed by atoms with van der Waals surface area (Å²) in [5.41, 5.74) is 0. The fourth-order valence-corrected chi connectivity index (χ4v) is 3.37. The molecule has 0 bridgehead atoms. The molecule has 2 heterocycles. The van der Waals surface area contributed by atoms with Gasteiger partial charge >= 0.3 is 5.97 Å². The maximum absolute atomic E-state index is 12.6. The van der Waals surface area contributed by atoms with Crippen LogP contribution in [0, 0.1) is 11.8 Å². The number of hydrogen-bond acceptors (Lipinski definition) is 3. The van der Waals surface area contributed by atoms with E-state index in [-0.39, 0.29) is 29.7 Å². The monoisotopic (exact) mass is 296 g/mol. The van der Waals surface area contributed by atoms with Gasteiger partial charge in [-0.1, -0.05) is 20.8 Å². The van der Waals surface area contributed by atoms with Gasteiger partial charge in [0.2, 0.25) is 11.8 Å². The van der Waals surface area contributed by atoms with E-state index in [0.717, 1.165) is 0 Å². The lowest BCUT2D eigenvalue weighted by Gasteiger charge is -2.37. The number of aliphatic carboxylic acids is 1. The molecule has 2 saturated heterocycles. The second-order valence-corrected chi connectivity index (χ2v) is 6.46. The van der Waals surface area contributed by atoms with E-state index in [1.807, 2.05) is 13.8 Å². The van der Waals surface area contributed by atoms with Gasteiger partial charge in [0, 0.05) is 25.0 Å². The Bertz CT molecular complexity index is 449. The summed E-state index contributed by atoms with van der Waals surface area (Å²) < 4.78 is 0. The van der Waals surface area contributed by atoms with Crippen LogP contribution in [0.3, 0.4) is 0 Å². The van der Waals surface area contributed by atoms with Gasteiger partial charge in [-0.05, 0) is 19.3 Å². The van der Waals surface area contributed by atoms with Crippen molar-refractivity contribution in [3.63, 3.8) is 0 Å². The second kappa shape index (κ2) is 6.03. The van der Waals surface area contributed by atoms with Crippen LogP contribution in [0.5, 0.6) is 0 Å². The molecular formula is C15H24N2O4. The molecule has 0 unspecified atom stereocenters. The molecule has 0 radical (unpaired) electrons. The van der Waals surface area contributed by atoms with Crippen LogP contribution >= 0.6 is 0 Å². The van der Waals surface area contributed by atoms with Crippen molar-refractivity contribution in [2.75, 3.05) is 13.1 Å². The van der Waals surface area contributed by atoms with Crippen molar-refractivity contribution in [2.24, 2.45) is 11.8 Å². The minimum Gasteiger partial charge on any atom is -0.480 e. The van der Waals surface area contributed by atoms with Crippen LogP contribution < -0.4 is 0 Å². The van der Waals surface area contributed by atoms with Crippen LogP contribution in [0.4, 0.5) is 0 Å². The smallest absolute Gasteiger partial charge is 0.326 e. The second-order valence-electron chi connectivity index (χ2n) is 6.46. The van der Waals surface area contributed by atoms with Crippen LogP contribution in [0.1, 0.15) is 40.0 Å². The number of amides is 2. The van der Waals surface area contributed by atoms with Crippen LogP contribution in [0.25, 0.3) is 0 Å². The summed E-state index contributed by atoms with van der Waals surface area (Å²) in [5.74, 6) is -1.43. The van der Waals surface area contributed by atoms with Crippen molar-refractivity contribution in [3.05, 3.63) is 0 Å². The molecule has 2 rings (SSSR count). The van der Waals surface area contributed by atoms with Gasteiger partial charge in [0.15, 0.2) is 0 Å². The summed E-state index contributed by atoms with van der Waals surface area (Å²) in [5, 5.41) is 9.27. The van der Waals surface area contributed by atoms with Gasteiger partial charge in [0.25, 0.3) is 0 Å². The molecule has 118 valence electrons. The standard InChI is InChI=1S/C15H24N2O4/c1-9(2)13(18)16-7-6-11-4-5-12(15(20)21)17(11)14(19)10(3)8-16/h9-12H,4-8H2,1-3H3,(H,20,21)/t10-,11+,12-/m0/s1. The molecule has 0 saturated carbocycles. The number of carboxylic acids is 1. The normalized spacial score (nSPS) is 30.1. The number of hydrogen-bond donors (Lipinski definition) is 1. The molecular weight excluding hydrogens is 272 g/mol. The molecule has 2 amide bonds. The third-order valence-corrected chi connectivity index (χ3v) is 4.50. The maximum atomic E-state index is 12.6. The number of fused-ring (bicyclic) bond motifs is 1. The van der Waals surface area contributed by atoms with Crippen molar-refractivity contribution >= 4 is 17.8 Å². The van der Waals surface area contributed by atoms with Gasteiger partial charge < -0.3 is 14.9 Å². The predicted octanol–water partition coefficient (Wildman–Crippen LogP) is 0.955. The molecule has 0 aliphatic carbocycles. The Morgan fingerprint density at radius 2 is 1.90 bits per heavy atom. The largest absolute Gasteiger partial charge is 0.480 e. The van der Waals surface area contributed by atoms with E-state index in [9.17, 15) is 19.5 Å². The molecule has 21 heavy (non-hydrogen) atoms. The Hall–Kier alpha value is -1.59. The number of rotatable bonds is 2. The summed E-state index contributed by atoms with van der Waals surface area (Å²) in [6.45, 7) is 6.47. The number of carboxylic acid groups (broad SMARTS) is 1. The van der Waals surface area contributed by atoms with E-state index in [1.165, 1.54) is 0 Å². The molecule has 0 aromatic rings. The first-order valence-corrected chi connectivity index (χ1v) is 7.66. The molecule has 6 heteroatoms. The predicted molar refractivity (Wildman–Crippen MR) is 76.5 cm³/mol. The third kappa shape index (κ3) is 3.04. The summed E-state index contributed by atoms with van der Waals surface area (Å²) in [6, 6.07) is -0.749. The van der Waals surface area contributed by atoms with E-state index >= 15 is 0 Å². The van der Waals surface area contributed by atoms with Crippen molar-refractivity contribution in [2.45, 2.75) is 52.1 Å². The van der Waals surface area contributed by atoms with Crippen LogP contribution in [-0.2, 0) is 14.4 Å². The first kappa shape index (κ1) is 15.8. The highest BCUT2D eigenvalue weighted by Crippen LogP contribution is 2.30. The van der Waals surface area contributed by atoms with Crippen molar-refractivity contribution < 1.29 is 19.5 Å². The zero-order chi connectivity index (χ0) is 15.7. The fourth-order valence-electron chi connectivity index (χ4n) is 3.37. The highest BCUT2D eigenvalue weighted by atomic mass is 16.4. The molecule has 2 fully saturated rings. The molecule has 0 spiro atoms. The molecule has 0 aromatic heterocycles. The summed E-state index contributed by atoms with van der Waals surface area (Å²) in [7, 11) is 0. The molecule has 2 aliphatic rings. The molecule has 3 atom stereocenters. The first-order valence-electron chi connectivity index (χ1n) is 7.66. The van der Waals surface area contributed by atoms with E-state index in [2.05, 4.69) is 0 Å². The van der Waals surface area contributed by atoms with E-state index in [4.69, 9.17) is 0 Å². The van der Waals surface area contributed by atoms with Crippen LogP contribution in [0.2, 0.25) is 0 Å². The Labute approximate surface area is 125 Å². The minimum absolute atomic E-state index is 0.0520. The highest BCUT2D eigenvalue weighted by Gasteiger charge is 2.43. The van der Waals surface area contributed by atoms with Gasteiger partial charge in [-0.25, -0.2) is 4.79 Å². The number of nitrogens with zero attached hydrogens (tertiary/aromatic N) is 2. The molecule has 0 aromatic carbocycles. The highest BCUT2D eigenvalue weighted by molar-refractivity contribution is 5.87. The third-order valence-electron chi connectivity index (χ3n) is 4.50. The Morgan fingerprint density at radius 3 is 2.48 bits per heavy atom. The van der Waals surface area contributed by atoms with E-state index in [0.29, 0.717) is 32.4 Å². The Kier molecular flexibility index (Phi) is 4.54. The first-order chi connectivity index (χ1) is 9.82. The lowest BCUT2D eigenvalue weighted by molar-refractivity contribution is -0.153. The zero-order valence-electron chi connectivity index (χ0n) is 12.9. The van der Waals surface area contributed by atoms with Crippen molar-refractivity contribution in [1.29, 1.82) is 0 Å². The molecule has 2 aliphatic heterocycles. The maximum Gasteiger partial charge on any atom is 0.326 e. The summed E-state index contributed by atoms with van der Waals surface area (Å²) in [4.78, 5) is 39.4. The fraction of sp³-hybridized carbons (Fsp3) is 0.800. The number of carbonyl (C=O) groups excluding carboxylic acids is 2. The van der Waals surface area contributed by atoms with Crippen molar-refractivity contribution in [1.82, 2.24) is 9.80 Å². The van der Waals surface area contributed by atoms with E-state index in [1.54, 1.807) is 16.7 Å². The van der Waals surface area contributed by atoms with Gasteiger partial charge in [-0.3, -0.25) is 9.59 Å². The van der Waals surface area contributed by atoms with Crippen molar-refractivity contribution in [3.8, 4) is 0 Å². The van der Waals surface area contributed by atoms with Gasteiger partial charge in [-0.2, -0.15) is 0 Å². The Morgan fingerprint density at radius 1 is 1.24 bits per heavy atom. The van der Waals surface area contributed by atoms with Gasteiger partial charge in [0.05, 0.1) is 5.92 Å². The SMILES string of the molecule is CC(C)C(=O)N1CC[C@H]2CC[C@@H](C(=O)O)N2C(=O)[C@@H](C)C1. The zero-order valence-corrected chi connectivity index (χ0v) is 12.9. The van der Waals surface area contributed by atoms with Gasteiger partial charge in [-0.15, -0.1) is 0 Å². The topological polar surface area (TPSA) is 77.9 Å².